The van der Waals surface area contributed by atoms with Crippen LogP contribution in [0, 0.1) is 0 Å². The van der Waals surface area contributed by atoms with Crippen LogP contribution in [0.5, 0.6) is 11.5 Å². The van der Waals surface area contributed by atoms with Crippen LogP contribution in [0.3, 0.4) is 0 Å². The van der Waals surface area contributed by atoms with E-state index in [4.69, 9.17) is 9.47 Å². The predicted molar refractivity (Wildman–Crippen MR) is 138 cm³/mol. The van der Waals surface area contributed by atoms with Crippen molar-refractivity contribution < 1.29 is 27.4 Å². The highest BCUT2D eigenvalue weighted by Gasteiger charge is 2.29. The molecule has 0 atom stereocenters. The second kappa shape index (κ2) is 11.8. The van der Waals surface area contributed by atoms with Crippen LogP contribution in [0.4, 0.5) is 13.2 Å². The van der Waals surface area contributed by atoms with E-state index >= 15 is 0 Å². The fraction of sp³-hybridized carbons (Fsp3) is 0.154. The van der Waals surface area contributed by atoms with Gasteiger partial charge >= 0.3 is 6.18 Å². The van der Waals surface area contributed by atoms with Crippen molar-refractivity contribution in [2.75, 3.05) is 20.0 Å². The van der Waals surface area contributed by atoms with E-state index in [1.54, 1.807) is 14.2 Å². The van der Waals surface area contributed by atoms with Crippen molar-refractivity contribution in [3.8, 4) is 28.6 Å². The first kappa shape index (κ1) is 26.7. The molecule has 0 saturated heterocycles. The Hall–Kier alpha value is -4.32. The molecule has 0 unspecified atom stereocenters. The number of hydrogen-bond acceptors (Lipinski definition) is 7. The summed E-state index contributed by atoms with van der Waals surface area (Å²) in [5.41, 5.74) is 3.59. The van der Waals surface area contributed by atoms with E-state index in [-0.39, 0.29) is 5.75 Å². The molecule has 0 aliphatic carbocycles. The van der Waals surface area contributed by atoms with Gasteiger partial charge in [-0.05, 0) is 66.2 Å². The summed E-state index contributed by atoms with van der Waals surface area (Å²) in [4.78, 5) is 12.4. The molecule has 0 spiro atoms. The number of nitrogens with zero attached hydrogens (tertiary/aromatic N) is 4. The summed E-state index contributed by atoms with van der Waals surface area (Å²) in [5, 5.41) is 12.9. The molecule has 38 heavy (non-hydrogen) atoms. The molecule has 8 nitrogen and oxygen atoms in total. The third-order valence-electron chi connectivity index (χ3n) is 5.29. The van der Waals surface area contributed by atoms with Crippen molar-refractivity contribution in [2.24, 2.45) is 5.10 Å². The van der Waals surface area contributed by atoms with Crippen molar-refractivity contribution in [3.05, 3.63) is 83.9 Å². The van der Waals surface area contributed by atoms with Gasteiger partial charge in [-0.2, -0.15) is 18.3 Å². The molecule has 0 bridgehead atoms. The SMILES string of the molecule is COc1ccc(-c2nnc(SCC(=O)N/N=C\c3ccc(C(F)(F)F)cc3)n2-c2ccc(OC)cc2)cc1. The van der Waals surface area contributed by atoms with Crippen LogP contribution in [0.15, 0.2) is 83.1 Å². The fourth-order valence-corrected chi connectivity index (χ4v) is 4.10. The Morgan fingerprint density at radius 3 is 2.13 bits per heavy atom. The highest BCUT2D eigenvalue weighted by molar-refractivity contribution is 7.99. The topological polar surface area (TPSA) is 90.6 Å². The lowest BCUT2D eigenvalue weighted by atomic mass is 10.1. The quantitative estimate of drug-likeness (QED) is 0.178. The van der Waals surface area contributed by atoms with Gasteiger partial charge in [-0.15, -0.1) is 10.2 Å². The maximum Gasteiger partial charge on any atom is 0.416 e. The van der Waals surface area contributed by atoms with E-state index in [0.29, 0.717) is 28.0 Å². The Kier molecular flexibility index (Phi) is 8.31. The first-order chi connectivity index (χ1) is 18.3. The molecule has 1 amide bonds. The number of thioether (sulfide) groups is 1. The minimum Gasteiger partial charge on any atom is -0.497 e. The molecular formula is C26H22F3N5O3S. The smallest absolute Gasteiger partial charge is 0.416 e. The van der Waals surface area contributed by atoms with Gasteiger partial charge in [0.15, 0.2) is 11.0 Å². The molecule has 12 heteroatoms. The highest BCUT2D eigenvalue weighted by atomic mass is 32.2. The lowest BCUT2D eigenvalue weighted by Crippen LogP contribution is -2.20. The number of amides is 1. The maximum atomic E-state index is 12.7. The van der Waals surface area contributed by atoms with Gasteiger partial charge in [-0.1, -0.05) is 23.9 Å². The maximum absolute atomic E-state index is 12.7. The molecule has 196 valence electrons. The number of hydrogen-bond donors (Lipinski definition) is 1. The average Bonchev–Trinajstić information content (AvgIpc) is 3.35. The Balaban J connectivity index is 1.48. The van der Waals surface area contributed by atoms with Crippen LogP contribution >= 0.6 is 11.8 Å². The number of aromatic nitrogens is 3. The van der Waals surface area contributed by atoms with Crippen molar-refractivity contribution in [1.82, 2.24) is 20.2 Å². The van der Waals surface area contributed by atoms with Crippen LogP contribution in [-0.2, 0) is 11.0 Å². The molecule has 4 rings (SSSR count). The summed E-state index contributed by atoms with van der Waals surface area (Å²) in [7, 11) is 3.17. The normalized spacial score (nSPS) is 11.5. The number of hydrazone groups is 1. The highest BCUT2D eigenvalue weighted by Crippen LogP contribution is 2.30. The Morgan fingerprint density at radius 2 is 1.55 bits per heavy atom. The monoisotopic (exact) mass is 541 g/mol. The lowest BCUT2D eigenvalue weighted by molar-refractivity contribution is -0.137. The molecule has 1 N–H and O–H groups in total. The van der Waals surface area contributed by atoms with Crippen LogP contribution in [0.1, 0.15) is 11.1 Å². The summed E-state index contributed by atoms with van der Waals surface area (Å²) in [6.07, 6.45) is -3.15. The van der Waals surface area contributed by atoms with E-state index in [1.807, 2.05) is 53.1 Å². The number of halogens is 3. The van der Waals surface area contributed by atoms with E-state index < -0.39 is 17.6 Å². The Labute approximate surface area is 220 Å². The number of carbonyl (C=O) groups is 1. The molecule has 0 fully saturated rings. The third-order valence-corrected chi connectivity index (χ3v) is 6.21. The number of alkyl halides is 3. The first-order valence-electron chi connectivity index (χ1n) is 11.1. The molecule has 1 heterocycles. The van der Waals surface area contributed by atoms with Crippen molar-refractivity contribution in [3.63, 3.8) is 0 Å². The number of nitrogens with one attached hydrogen (secondary N) is 1. The second-order valence-electron chi connectivity index (χ2n) is 7.77. The van der Waals surface area contributed by atoms with Crippen LogP contribution in [0.2, 0.25) is 0 Å². The number of benzene rings is 3. The molecule has 1 aromatic heterocycles. The fourth-order valence-electron chi connectivity index (χ4n) is 3.35. The van der Waals surface area contributed by atoms with Gasteiger partial charge in [0.05, 0.1) is 31.8 Å². The van der Waals surface area contributed by atoms with Crippen LogP contribution < -0.4 is 14.9 Å². The van der Waals surface area contributed by atoms with E-state index in [2.05, 4.69) is 20.7 Å². The first-order valence-corrected chi connectivity index (χ1v) is 12.1. The molecule has 0 radical (unpaired) electrons. The average molecular weight is 542 g/mol. The van der Waals surface area contributed by atoms with Crippen molar-refractivity contribution in [1.29, 1.82) is 0 Å². The number of ether oxygens (including phenoxy) is 2. The summed E-state index contributed by atoms with van der Waals surface area (Å²) in [6, 6.07) is 19.1. The van der Waals surface area contributed by atoms with Crippen LogP contribution in [0.25, 0.3) is 17.1 Å². The standard InChI is InChI=1S/C26H22F3N5O3S/c1-36-21-11-5-18(6-12-21)24-32-33-25(34(24)20-9-13-22(37-2)14-10-20)38-16-23(35)31-30-15-17-3-7-19(8-4-17)26(27,28)29/h3-15H,16H2,1-2H3,(H,31,35)/b30-15-. The summed E-state index contributed by atoms with van der Waals surface area (Å²) < 4.78 is 50.4. The van der Waals surface area contributed by atoms with Gasteiger partial charge in [-0.3, -0.25) is 9.36 Å². The number of carbonyl (C=O) groups excluding carboxylic acids is 1. The van der Waals surface area contributed by atoms with Gasteiger partial charge < -0.3 is 9.47 Å². The lowest BCUT2D eigenvalue weighted by Gasteiger charge is -2.11. The van der Waals surface area contributed by atoms with E-state index in [0.717, 1.165) is 35.1 Å². The van der Waals surface area contributed by atoms with E-state index in [9.17, 15) is 18.0 Å². The van der Waals surface area contributed by atoms with Crippen molar-refractivity contribution in [2.45, 2.75) is 11.3 Å². The Bertz CT molecular complexity index is 1400. The second-order valence-corrected chi connectivity index (χ2v) is 8.71. The Morgan fingerprint density at radius 1 is 0.947 bits per heavy atom. The van der Waals surface area contributed by atoms with Crippen molar-refractivity contribution >= 4 is 23.9 Å². The number of methoxy groups -OCH3 is 2. The van der Waals surface area contributed by atoms with Crippen LogP contribution in [-0.4, -0.2) is 46.9 Å². The number of rotatable bonds is 9. The minimum absolute atomic E-state index is 0.0265. The summed E-state index contributed by atoms with van der Waals surface area (Å²) >= 11 is 1.16. The summed E-state index contributed by atoms with van der Waals surface area (Å²) in [6.45, 7) is 0. The third kappa shape index (κ3) is 6.51. The van der Waals surface area contributed by atoms with E-state index in [1.165, 1.54) is 18.3 Å². The molecule has 3 aromatic carbocycles. The van der Waals surface area contributed by atoms with Gasteiger partial charge in [0.25, 0.3) is 5.91 Å². The zero-order chi connectivity index (χ0) is 27.1. The molecule has 0 aliphatic rings. The zero-order valence-corrected chi connectivity index (χ0v) is 21.1. The molecular weight excluding hydrogens is 519 g/mol. The van der Waals surface area contributed by atoms with Gasteiger partial charge in [0.2, 0.25) is 0 Å². The summed E-state index contributed by atoms with van der Waals surface area (Å²) in [5.74, 6) is 1.51. The molecule has 4 aromatic rings. The largest absolute Gasteiger partial charge is 0.497 e. The molecule has 0 aliphatic heterocycles. The predicted octanol–water partition coefficient (Wildman–Crippen LogP) is 5.21. The van der Waals surface area contributed by atoms with Gasteiger partial charge in [-0.25, -0.2) is 5.43 Å². The molecule has 0 saturated carbocycles. The van der Waals surface area contributed by atoms with Gasteiger partial charge in [0.1, 0.15) is 11.5 Å². The van der Waals surface area contributed by atoms with Gasteiger partial charge in [0, 0.05) is 11.3 Å². The minimum atomic E-state index is -4.42. The zero-order valence-electron chi connectivity index (χ0n) is 20.3.